The molecule has 0 bridgehead atoms. The Bertz CT molecular complexity index is 1100. The molecule has 0 aromatic heterocycles. The first-order chi connectivity index (χ1) is 25.9. The van der Waals surface area contributed by atoms with Crippen LogP contribution in [0.15, 0.2) is 0 Å². The predicted molar refractivity (Wildman–Crippen MR) is 239 cm³/mol. The van der Waals surface area contributed by atoms with E-state index in [0.717, 1.165) is 38.5 Å². The minimum atomic E-state index is -2.53. The van der Waals surface area contributed by atoms with E-state index in [-0.39, 0.29) is 40.1 Å². The van der Waals surface area contributed by atoms with E-state index in [4.69, 9.17) is 27.5 Å². The number of ether oxygens (including phenoxy) is 4. The van der Waals surface area contributed by atoms with Gasteiger partial charge in [-0.25, -0.2) is 0 Å². The van der Waals surface area contributed by atoms with Crippen molar-refractivity contribution in [1.82, 2.24) is 0 Å². The van der Waals surface area contributed by atoms with E-state index in [0.29, 0.717) is 37.7 Å². The molecule has 0 aromatic rings. The Balaban J connectivity index is -0.000000343. The van der Waals surface area contributed by atoms with Crippen LogP contribution in [0.1, 0.15) is 156 Å². The summed E-state index contributed by atoms with van der Waals surface area (Å²) in [6, 6.07) is 3.20. The Kier molecular flexibility index (Phi) is 31.9. The van der Waals surface area contributed by atoms with Gasteiger partial charge in [0.2, 0.25) is 0 Å². The second-order valence-electron chi connectivity index (χ2n) is 19.3. The summed E-state index contributed by atoms with van der Waals surface area (Å²) in [6.07, 6.45) is 5.82. The lowest BCUT2D eigenvalue weighted by atomic mass is 9.91. The van der Waals surface area contributed by atoms with Gasteiger partial charge in [-0.2, -0.15) is 0 Å². The van der Waals surface area contributed by atoms with E-state index >= 15 is 0 Å². The van der Waals surface area contributed by atoms with Crippen LogP contribution in [0.3, 0.4) is 0 Å². The number of rotatable bonds is 22. The average molecular weight is 853 g/mol. The summed E-state index contributed by atoms with van der Waals surface area (Å²) in [5, 5.41) is 0. The van der Waals surface area contributed by atoms with Gasteiger partial charge < -0.3 is 32.2 Å². The summed E-state index contributed by atoms with van der Waals surface area (Å²) >= 11 is 0. The Morgan fingerprint density at radius 1 is 0.456 bits per heavy atom. The maximum atomic E-state index is 11.8. The van der Waals surface area contributed by atoms with Gasteiger partial charge in [0, 0.05) is 35.4 Å². The molecule has 11 nitrogen and oxygen atoms in total. The van der Waals surface area contributed by atoms with Crippen molar-refractivity contribution < 1.29 is 51.4 Å². The van der Waals surface area contributed by atoms with Gasteiger partial charge in [-0.15, -0.1) is 0 Å². The van der Waals surface area contributed by atoms with E-state index in [1.165, 1.54) is 19.2 Å². The molecule has 0 saturated carbocycles. The van der Waals surface area contributed by atoms with Gasteiger partial charge in [-0.1, -0.05) is 80.6 Å². The van der Waals surface area contributed by atoms with Crippen molar-refractivity contribution in [3.05, 3.63) is 0 Å². The summed E-state index contributed by atoms with van der Waals surface area (Å²) in [6.45, 7) is 38.5. The average Bonchev–Trinajstić information content (AvgIpc) is 3.14. The lowest BCUT2D eigenvalue weighted by Gasteiger charge is -2.31. The molecule has 0 aliphatic heterocycles. The molecular formula is C44H92O11Si2. The molecule has 0 saturated heterocycles. The second kappa shape index (κ2) is 29.4. The molecule has 0 N–H and O–H groups in total. The first kappa shape index (κ1) is 61.9. The Labute approximate surface area is 353 Å². The van der Waals surface area contributed by atoms with Crippen LogP contribution >= 0.6 is 0 Å². The zero-order valence-electron chi connectivity index (χ0n) is 41.2. The van der Waals surface area contributed by atoms with Crippen LogP contribution in [0.25, 0.3) is 0 Å². The number of esters is 4. The van der Waals surface area contributed by atoms with Gasteiger partial charge >= 0.3 is 32.7 Å². The molecule has 342 valence electrons. The molecule has 13 heteroatoms. The third-order valence-corrected chi connectivity index (χ3v) is 17.0. The Hall–Kier alpha value is -1.81. The topological polar surface area (TPSA) is 133 Å². The fraction of sp³-hybridized carbons (Fsp3) is 0.909. The Morgan fingerprint density at radius 3 is 1.00 bits per heavy atom. The van der Waals surface area contributed by atoms with E-state index in [2.05, 4.69) is 38.6 Å². The van der Waals surface area contributed by atoms with Crippen molar-refractivity contribution >= 4 is 40.8 Å². The lowest BCUT2D eigenvalue weighted by Crippen LogP contribution is -2.42. The first-order valence-corrected chi connectivity index (χ1v) is 26.5. The molecule has 0 unspecified atom stereocenters. The highest BCUT2D eigenvalue weighted by Gasteiger charge is 2.37. The molecule has 0 radical (unpaired) electrons. The van der Waals surface area contributed by atoms with Crippen molar-refractivity contribution in [2.75, 3.05) is 48.3 Å². The molecule has 0 fully saturated rings. The molecule has 0 spiro atoms. The van der Waals surface area contributed by atoms with Gasteiger partial charge in [-0.3, -0.25) is 19.2 Å². The largest absolute Gasteiger partial charge is 0.500 e. The van der Waals surface area contributed by atoms with Crippen LogP contribution < -0.4 is 0 Å². The highest BCUT2D eigenvalue weighted by atomic mass is 28.4. The molecule has 0 rings (SSSR count). The molecule has 0 heterocycles. The van der Waals surface area contributed by atoms with Crippen LogP contribution in [0.4, 0.5) is 0 Å². The van der Waals surface area contributed by atoms with Crippen molar-refractivity contribution in [3.8, 4) is 0 Å². The fourth-order valence-corrected chi connectivity index (χ4v) is 10.7. The quantitative estimate of drug-likeness (QED) is 0.0446. The first-order valence-electron chi connectivity index (χ1n) is 21.1. The van der Waals surface area contributed by atoms with Crippen molar-refractivity contribution in [2.24, 2.45) is 27.1 Å². The number of carbonyl (C=O) groups excluding carboxylic acids is 4. The number of methoxy groups -OCH3 is 1. The van der Waals surface area contributed by atoms with Gasteiger partial charge in [0.25, 0.3) is 0 Å². The maximum absolute atomic E-state index is 11.8. The number of hydrogen-bond donors (Lipinski definition) is 0. The summed E-state index contributed by atoms with van der Waals surface area (Å²) < 4.78 is 36.1. The third-order valence-electron chi connectivity index (χ3n) is 10.4. The van der Waals surface area contributed by atoms with E-state index < -0.39 is 22.3 Å². The fourth-order valence-electron chi connectivity index (χ4n) is 4.88. The van der Waals surface area contributed by atoms with Gasteiger partial charge in [-0.05, 0) is 106 Å². The normalized spacial score (nSPS) is 12.4. The van der Waals surface area contributed by atoms with Crippen LogP contribution in [0.2, 0.25) is 31.2 Å². The van der Waals surface area contributed by atoms with E-state index in [1.807, 2.05) is 90.0 Å². The third kappa shape index (κ3) is 29.1. The molecular weight excluding hydrogens is 761 g/mol. The van der Waals surface area contributed by atoms with Crippen LogP contribution in [-0.2, 0) is 51.4 Å². The minimum Gasteiger partial charge on any atom is -0.469 e. The SMILES string of the molecule is CCC(C)(C)C(=O)OC.CCC(C)(C)C(=O)OCCC[Si](C)(C)CC(C)(C)C.CCC(C)(C)C(=O)OCCC[Si](OC)(OC)OC.CCCOC(=O)C(C)(C)CC. The highest BCUT2D eigenvalue weighted by Crippen LogP contribution is 2.31. The number of carbonyl (C=O) groups is 4. The zero-order valence-corrected chi connectivity index (χ0v) is 43.2. The van der Waals surface area contributed by atoms with Gasteiger partial charge in [0.15, 0.2) is 0 Å². The molecule has 0 aliphatic carbocycles. The molecule has 57 heavy (non-hydrogen) atoms. The smallest absolute Gasteiger partial charge is 0.469 e. The van der Waals surface area contributed by atoms with Crippen molar-refractivity contribution in [2.45, 2.75) is 187 Å². The van der Waals surface area contributed by atoms with Gasteiger partial charge in [0.1, 0.15) is 0 Å². The summed E-state index contributed by atoms with van der Waals surface area (Å²) in [4.78, 5) is 45.6. The summed E-state index contributed by atoms with van der Waals surface area (Å²) in [7, 11) is 2.45. The van der Waals surface area contributed by atoms with E-state index in [9.17, 15) is 19.2 Å². The Morgan fingerprint density at radius 2 is 0.754 bits per heavy atom. The molecule has 0 atom stereocenters. The maximum Gasteiger partial charge on any atom is 0.500 e. The second-order valence-corrected chi connectivity index (χ2v) is 27.5. The van der Waals surface area contributed by atoms with Gasteiger partial charge in [0.05, 0.1) is 48.6 Å². The summed E-state index contributed by atoms with van der Waals surface area (Å²) in [5.41, 5.74) is -0.961. The van der Waals surface area contributed by atoms with Crippen LogP contribution in [0.5, 0.6) is 0 Å². The molecule has 0 aromatic carbocycles. The summed E-state index contributed by atoms with van der Waals surface area (Å²) in [5.74, 6) is -0.429. The highest BCUT2D eigenvalue weighted by molar-refractivity contribution is 6.77. The minimum absolute atomic E-state index is 0.0507. The standard InChI is InChI=1S/C16H34O2Si.C12H26O5Si.C9H18O2.C7H14O2/c1-9-16(5,6)14(17)18-11-10-12-19(7,8)13-15(2,3)4;1-7-12(2,3)11(13)17-9-8-10-18(14-4,15-5)16-6;1-5-7-11-8(10)9(3,4)6-2;1-5-7(2,3)6(8)9-4/h9-13H2,1-8H3;7-10H2,1-6H3;5-7H2,1-4H3;5H2,1-4H3. The van der Waals surface area contributed by atoms with Crippen molar-refractivity contribution in [1.29, 1.82) is 0 Å². The van der Waals surface area contributed by atoms with Crippen molar-refractivity contribution in [3.63, 3.8) is 0 Å². The monoisotopic (exact) mass is 853 g/mol. The zero-order chi connectivity index (χ0) is 46.0. The van der Waals surface area contributed by atoms with Crippen LogP contribution in [-0.4, -0.2) is 89.0 Å². The van der Waals surface area contributed by atoms with E-state index in [1.54, 1.807) is 21.3 Å². The predicted octanol–water partition coefficient (Wildman–Crippen LogP) is 11.3. The number of hydrogen-bond acceptors (Lipinski definition) is 11. The lowest BCUT2D eigenvalue weighted by molar-refractivity contribution is -0.154. The molecule has 0 aliphatic rings. The molecule has 0 amide bonds. The van der Waals surface area contributed by atoms with Crippen LogP contribution in [0, 0.1) is 27.1 Å².